The van der Waals surface area contributed by atoms with Crippen LogP contribution in [0.5, 0.6) is 0 Å². The van der Waals surface area contributed by atoms with Crippen LogP contribution in [-0.2, 0) is 6.42 Å². The van der Waals surface area contributed by atoms with Crippen molar-refractivity contribution >= 4 is 0 Å². The molecule has 16 heavy (non-hydrogen) atoms. The molecule has 1 aromatic rings. The standard InChI is InChI=1S/C15H23N/c1-4-6-7-14-8-10-15(11-9-14)13(3)16-12-5-2/h5,8-11,13,16H,2,4,6-7,12H2,1,3H3. The number of rotatable bonds is 7. The topological polar surface area (TPSA) is 12.0 Å². The summed E-state index contributed by atoms with van der Waals surface area (Å²) in [5.41, 5.74) is 2.80. The third-order valence-corrected chi connectivity index (χ3v) is 2.87. The summed E-state index contributed by atoms with van der Waals surface area (Å²) in [4.78, 5) is 0. The summed E-state index contributed by atoms with van der Waals surface area (Å²) in [6.07, 6.45) is 5.64. The summed E-state index contributed by atoms with van der Waals surface area (Å²) in [7, 11) is 0. The first-order valence-corrected chi connectivity index (χ1v) is 6.21. The predicted octanol–water partition coefficient (Wildman–Crippen LogP) is 3.87. The smallest absolute Gasteiger partial charge is 0.0294 e. The molecule has 0 saturated heterocycles. The van der Waals surface area contributed by atoms with Crippen LogP contribution in [-0.4, -0.2) is 6.54 Å². The van der Waals surface area contributed by atoms with Crippen LogP contribution >= 0.6 is 0 Å². The minimum atomic E-state index is 0.401. The van der Waals surface area contributed by atoms with Crippen molar-refractivity contribution in [1.82, 2.24) is 5.32 Å². The number of hydrogen-bond acceptors (Lipinski definition) is 1. The monoisotopic (exact) mass is 217 g/mol. The molecule has 1 nitrogen and oxygen atoms in total. The van der Waals surface area contributed by atoms with Gasteiger partial charge in [-0.1, -0.05) is 43.7 Å². The third kappa shape index (κ3) is 4.19. The fraction of sp³-hybridized carbons (Fsp3) is 0.467. The van der Waals surface area contributed by atoms with Crippen LogP contribution < -0.4 is 5.32 Å². The van der Waals surface area contributed by atoms with E-state index in [4.69, 9.17) is 0 Å². The summed E-state index contributed by atoms with van der Waals surface area (Å²) in [6.45, 7) is 8.99. The number of aryl methyl sites for hydroxylation is 1. The molecule has 0 aromatic heterocycles. The van der Waals surface area contributed by atoms with Crippen LogP contribution in [0.2, 0.25) is 0 Å². The Balaban J connectivity index is 2.52. The lowest BCUT2D eigenvalue weighted by atomic mass is 10.0. The first-order valence-electron chi connectivity index (χ1n) is 6.21. The van der Waals surface area contributed by atoms with E-state index in [-0.39, 0.29) is 0 Å². The zero-order valence-corrected chi connectivity index (χ0v) is 10.5. The Labute approximate surface area is 99.6 Å². The van der Waals surface area contributed by atoms with E-state index in [1.807, 2.05) is 6.08 Å². The lowest BCUT2D eigenvalue weighted by Gasteiger charge is -2.13. The quantitative estimate of drug-likeness (QED) is 0.684. The van der Waals surface area contributed by atoms with Crippen molar-refractivity contribution in [3.8, 4) is 0 Å². The molecule has 0 fully saturated rings. The van der Waals surface area contributed by atoms with Gasteiger partial charge in [0, 0.05) is 12.6 Å². The van der Waals surface area contributed by atoms with Gasteiger partial charge in [-0.15, -0.1) is 6.58 Å². The number of benzene rings is 1. The molecule has 1 aromatic carbocycles. The van der Waals surface area contributed by atoms with Crippen LogP contribution in [0.4, 0.5) is 0 Å². The van der Waals surface area contributed by atoms with Crippen molar-refractivity contribution in [1.29, 1.82) is 0 Å². The lowest BCUT2D eigenvalue weighted by Crippen LogP contribution is -2.18. The van der Waals surface area contributed by atoms with Crippen molar-refractivity contribution in [2.24, 2.45) is 0 Å². The highest BCUT2D eigenvalue weighted by atomic mass is 14.9. The Morgan fingerprint density at radius 2 is 2.00 bits per heavy atom. The molecule has 0 radical (unpaired) electrons. The summed E-state index contributed by atoms with van der Waals surface area (Å²) >= 11 is 0. The molecule has 0 heterocycles. The van der Waals surface area contributed by atoms with E-state index in [1.165, 1.54) is 30.4 Å². The minimum Gasteiger partial charge on any atom is -0.307 e. The Morgan fingerprint density at radius 1 is 1.31 bits per heavy atom. The summed E-state index contributed by atoms with van der Waals surface area (Å²) in [6, 6.07) is 9.35. The van der Waals surface area contributed by atoms with Gasteiger partial charge in [-0.2, -0.15) is 0 Å². The zero-order chi connectivity index (χ0) is 11.8. The van der Waals surface area contributed by atoms with Gasteiger partial charge in [0.1, 0.15) is 0 Å². The summed E-state index contributed by atoms with van der Waals surface area (Å²) in [5, 5.41) is 3.39. The molecule has 1 heteroatoms. The maximum atomic E-state index is 3.71. The van der Waals surface area contributed by atoms with Gasteiger partial charge in [-0.3, -0.25) is 0 Å². The molecular formula is C15H23N. The van der Waals surface area contributed by atoms with Gasteiger partial charge in [0.25, 0.3) is 0 Å². The van der Waals surface area contributed by atoms with E-state index in [0.717, 1.165) is 6.54 Å². The largest absolute Gasteiger partial charge is 0.307 e. The fourth-order valence-electron chi connectivity index (χ4n) is 1.73. The normalized spacial score (nSPS) is 12.4. The van der Waals surface area contributed by atoms with E-state index in [0.29, 0.717) is 6.04 Å². The summed E-state index contributed by atoms with van der Waals surface area (Å²) < 4.78 is 0. The maximum Gasteiger partial charge on any atom is 0.0294 e. The zero-order valence-electron chi connectivity index (χ0n) is 10.5. The van der Waals surface area contributed by atoms with Gasteiger partial charge in [0.05, 0.1) is 0 Å². The molecule has 0 amide bonds. The molecule has 1 N–H and O–H groups in total. The molecule has 0 bridgehead atoms. The van der Waals surface area contributed by atoms with Gasteiger partial charge in [0.15, 0.2) is 0 Å². The molecule has 1 rings (SSSR count). The predicted molar refractivity (Wildman–Crippen MR) is 71.7 cm³/mol. The maximum absolute atomic E-state index is 3.71. The molecular weight excluding hydrogens is 194 g/mol. The Morgan fingerprint density at radius 3 is 2.56 bits per heavy atom. The van der Waals surface area contributed by atoms with Crippen molar-refractivity contribution in [3.63, 3.8) is 0 Å². The van der Waals surface area contributed by atoms with Gasteiger partial charge < -0.3 is 5.32 Å². The highest BCUT2D eigenvalue weighted by Gasteiger charge is 2.02. The fourth-order valence-corrected chi connectivity index (χ4v) is 1.73. The SMILES string of the molecule is C=CCNC(C)c1ccc(CCCC)cc1. The third-order valence-electron chi connectivity index (χ3n) is 2.87. The Kier molecular flexibility index (Phi) is 5.87. The molecule has 88 valence electrons. The molecule has 0 saturated carbocycles. The van der Waals surface area contributed by atoms with Crippen LogP contribution in [0.1, 0.15) is 43.9 Å². The first-order chi connectivity index (χ1) is 7.77. The van der Waals surface area contributed by atoms with Gasteiger partial charge >= 0.3 is 0 Å². The Hall–Kier alpha value is -1.08. The average Bonchev–Trinajstić information content (AvgIpc) is 2.34. The van der Waals surface area contributed by atoms with Gasteiger partial charge in [-0.25, -0.2) is 0 Å². The molecule has 0 aliphatic rings. The first kappa shape index (κ1) is 13.0. The van der Waals surface area contributed by atoms with E-state index in [9.17, 15) is 0 Å². The van der Waals surface area contributed by atoms with Gasteiger partial charge in [0.2, 0.25) is 0 Å². The number of nitrogens with one attached hydrogen (secondary N) is 1. The second kappa shape index (κ2) is 7.24. The molecule has 1 unspecified atom stereocenters. The highest BCUT2D eigenvalue weighted by molar-refractivity contribution is 5.24. The highest BCUT2D eigenvalue weighted by Crippen LogP contribution is 2.14. The molecule has 1 atom stereocenters. The van der Waals surface area contributed by atoms with Crippen LogP contribution in [0.3, 0.4) is 0 Å². The van der Waals surface area contributed by atoms with Crippen molar-refractivity contribution < 1.29 is 0 Å². The van der Waals surface area contributed by atoms with Gasteiger partial charge in [-0.05, 0) is 30.9 Å². The van der Waals surface area contributed by atoms with E-state index in [1.54, 1.807) is 0 Å². The minimum absolute atomic E-state index is 0.401. The molecule has 0 aliphatic heterocycles. The van der Waals surface area contributed by atoms with Crippen molar-refractivity contribution in [2.75, 3.05) is 6.54 Å². The van der Waals surface area contributed by atoms with Crippen molar-refractivity contribution in [3.05, 3.63) is 48.0 Å². The molecule has 0 spiro atoms. The average molecular weight is 217 g/mol. The number of hydrogen-bond donors (Lipinski definition) is 1. The van der Waals surface area contributed by atoms with Crippen LogP contribution in [0.15, 0.2) is 36.9 Å². The van der Waals surface area contributed by atoms with E-state index < -0.39 is 0 Å². The molecule has 0 aliphatic carbocycles. The second-order valence-electron chi connectivity index (χ2n) is 4.26. The van der Waals surface area contributed by atoms with Crippen LogP contribution in [0, 0.1) is 0 Å². The second-order valence-corrected chi connectivity index (χ2v) is 4.26. The number of unbranched alkanes of at least 4 members (excludes halogenated alkanes) is 1. The van der Waals surface area contributed by atoms with Crippen LogP contribution in [0.25, 0.3) is 0 Å². The lowest BCUT2D eigenvalue weighted by molar-refractivity contribution is 0.617. The van der Waals surface area contributed by atoms with Crippen molar-refractivity contribution in [2.45, 2.75) is 39.2 Å². The van der Waals surface area contributed by atoms with E-state index in [2.05, 4.69) is 50.0 Å². The Bertz CT molecular complexity index is 300. The summed E-state index contributed by atoms with van der Waals surface area (Å²) in [5.74, 6) is 0. The van der Waals surface area contributed by atoms with E-state index >= 15 is 0 Å².